The lowest BCUT2D eigenvalue weighted by Crippen LogP contribution is -2.42. The molecule has 2 fully saturated rings. The van der Waals surface area contributed by atoms with Crippen LogP contribution in [0.15, 0.2) is 24.4 Å². The van der Waals surface area contributed by atoms with Gasteiger partial charge in [0.15, 0.2) is 11.5 Å². The number of nitrogens with zero attached hydrogens (tertiary/aromatic N) is 3. The molecular formula is C28H32Cl2F3N3O5. The standard InChI is InChI=1S/C28H32Cl2F3N3O5/c1-26(2)10-9-17(41-26)14-35(15-21(37)22-19(29)5-4-6-20(22)30)24(38)18-13-34-36(23(18)28(31,32)33)16-7-11-27(3,12-8-16)25(39)40/h4-6,13,16-17H,7-12,14-15H2,1-3H3,(H,39,40)/t16-,17-,27-/m0/s1. The molecule has 0 bridgehead atoms. The van der Waals surface area contributed by atoms with Crippen molar-refractivity contribution in [2.24, 2.45) is 5.41 Å². The van der Waals surface area contributed by atoms with Crippen LogP contribution in [-0.2, 0) is 15.7 Å². The number of aromatic nitrogens is 2. The Morgan fingerprint density at radius 3 is 2.22 bits per heavy atom. The molecule has 224 valence electrons. The summed E-state index contributed by atoms with van der Waals surface area (Å²) in [6.07, 6.45) is -2.71. The number of benzene rings is 1. The van der Waals surface area contributed by atoms with Gasteiger partial charge >= 0.3 is 12.1 Å². The van der Waals surface area contributed by atoms with Crippen molar-refractivity contribution in [1.29, 1.82) is 0 Å². The second-order valence-corrected chi connectivity index (χ2v) is 12.5. The molecule has 1 atom stereocenters. The maximum Gasteiger partial charge on any atom is 0.433 e. The quantitative estimate of drug-likeness (QED) is 0.331. The van der Waals surface area contributed by atoms with Crippen LogP contribution in [0.1, 0.15) is 91.7 Å². The fraction of sp³-hybridized carbons (Fsp3) is 0.571. The van der Waals surface area contributed by atoms with E-state index in [0.717, 1.165) is 15.8 Å². The summed E-state index contributed by atoms with van der Waals surface area (Å²) in [5.41, 5.74) is -3.47. The van der Waals surface area contributed by atoms with Gasteiger partial charge in [0.2, 0.25) is 0 Å². The Hall–Kier alpha value is -2.63. The normalized spacial score (nSPS) is 24.3. The number of carbonyl (C=O) groups is 3. The van der Waals surface area contributed by atoms with Crippen LogP contribution in [-0.4, -0.2) is 62.2 Å². The van der Waals surface area contributed by atoms with Gasteiger partial charge in [0.25, 0.3) is 5.91 Å². The highest BCUT2D eigenvalue weighted by Gasteiger charge is 2.45. The predicted molar refractivity (Wildman–Crippen MR) is 145 cm³/mol. The molecule has 1 aromatic heterocycles. The topological polar surface area (TPSA) is 102 Å². The van der Waals surface area contributed by atoms with Gasteiger partial charge in [-0.1, -0.05) is 29.3 Å². The lowest BCUT2D eigenvalue weighted by molar-refractivity contribution is -0.152. The summed E-state index contributed by atoms with van der Waals surface area (Å²) in [4.78, 5) is 39.8. The molecule has 13 heteroatoms. The minimum atomic E-state index is -4.94. The third-order valence-corrected chi connectivity index (χ3v) is 8.69. The molecule has 41 heavy (non-hydrogen) atoms. The van der Waals surface area contributed by atoms with E-state index in [1.807, 2.05) is 13.8 Å². The molecule has 1 saturated carbocycles. The molecule has 2 heterocycles. The molecule has 1 aliphatic carbocycles. The largest absolute Gasteiger partial charge is 0.481 e. The second-order valence-electron chi connectivity index (χ2n) is 11.7. The van der Waals surface area contributed by atoms with Crippen LogP contribution in [0.25, 0.3) is 0 Å². The van der Waals surface area contributed by atoms with Gasteiger partial charge in [-0.2, -0.15) is 18.3 Å². The third-order valence-electron chi connectivity index (χ3n) is 8.06. The monoisotopic (exact) mass is 617 g/mol. The van der Waals surface area contributed by atoms with E-state index in [0.29, 0.717) is 12.8 Å². The van der Waals surface area contributed by atoms with E-state index in [-0.39, 0.29) is 47.8 Å². The van der Waals surface area contributed by atoms with Crippen LogP contribution < -0.4 is 0 Å². The minimum absolute atomic E-state index is 0.0308. The number of halogens is 5. The Balaban J connectivity index is 1.67. The van der Waals surface area contributed by atoms with Crippen molar-refractivity contribution in [3.63, 3.8) is 0 Å². The lowest BCUT2D eigenvalue weighted by Gasteiger charge is -2.34. The van der Waals surface area contributed by atoms with Gasteiger partial charge in [-0.05, 0) is 71.4 Å². The van der Waals surface area contributed by atoms with Crippen LogP contribution in [0.4, 0.5) is 13.2 Å². The van der Waals surface area contributed by atoms with Crippen LogP contribution in [0.2, 0.25) is 10.0 Å². The zero-order chi connectivity index (χ0) is 30.3. The Morgan fingerprint density at radius 2 is 1.71 bits per heavy atom. The first-order valence-corrected chi connectivity index (χ1v) is 14.1. The van der Waals surface area contributed by atoms with Crippen molar-refractivity contribution < 1.29 is 37.4 Å². The van der Waals surface area contributed by atoms with Gasteiger partial charge in [-0.25, -0.2) is 0 Å². The number of carboxylic acid groups (broad SMARTS) is 1. The van der Waals surface area contributed by atoms with Crippen molar-refractivity contribution in [2.75, 3.05) is 13.1 Å². The highest BCUT2D eigenvalue weighted by molar-refractivity contribution is 6.40. The number of hydrogen-bond donors (Lipinski definition) is 1. The zero-order valence-electron chi connectivity index (χ0n) is 22.9. The lowest BCUT2D eigenvalue weighted by atomic mass is 9.74. The van der Waals surface area contributed by atoms with E-state index in [1.165, 1.54) is 12.1 Å². The summed E-state index contributed by atoms with van der Waals surface area (Å²) >= 11 is 12.4. The average molecular weight is 618 g/mol. The van der Waals surface area contributed by atoms with Gasteiger partial charge in [-0.15, -0.1) is 0 Å². The molecule has 1 amide bonds. The van der Waals surface area contributed by atoms with Gasteiger partial charge < -0.3 is 14.7 Å². The van der Waals surface area contributed by atoms with E-state index in [2.05, 4.69) is 5.10 Å². The summed E-state index contributed by atoms with van der Waals surface area (Å²) in [5.74, 6) is -2.66. The summed E-state index contributed by atoms with van der Waals surface area (Å²) in [6, 6.07) is 3.73. The van der Waals surface area contributed by atoms with Crippen molar-refractivity contribution in [3.05, 3.63) is 51.3 Å². The number of aliphatic carboxylic acids is 1. The van der Waals surface area contributed by atoms with Gasteiger partial charge in [0, 0.05) is 6.54 Å². The van der Waals surface area contributed by atoms with Crippen LogP contribution >= 0.6 is 23.2 Å². The van der Waals surface area contributed by atoms with E-state index in [1.54, 1.807) is 13.0 Å². The molecule has 1 aromatic carbocycles. The second kappa shape index (κ2) is 11.6. The summed E-state index contributed by atoms with van der Waals surface area (Å²) < 4.78 is 50.2. The fourth-order valence-electron chi connectivity index (χ4n) is 5.63. The third kappa shape index (κ3) is 6.73. The molecule has 4 rings (SSSR count). The number of hydrogen-bond acceptors (Lipinski definition) is 5. The Kier molecular flexibility index (Phi) is 8.83. The molecule has 8 nitrogen and oxygen atoms in total. The van der Waals surface area contributed by atoms with Gasteiger partial charge in [0.05, 0.1) is 57.1 Å². The molecule has 0 radical (unpaired) electrons. The number of carbonyl (C=O) groups excluding carboxylic acids is 2. The number of carboxylic acids is 1. The van der Waals surface area contributed by atoms with Gasteiger partial charge in [-0.3, -0.25) is 19.1 Å². The maximum absolute atomic E-state index is 14.5. The molecule has 1 N–H and O–H groups in total. The average Bonchev–Trinajstić information content (AvgIpc) is 3.46. The van der Waals surface area contributed by atoms with Crippen LogP contribution in [0.3, 0.4) is 0 Å². The summed E-state index contributed by atoms with van der Waals surface area (Å²) in [5, 5.41) is 13.6. The number of ether oxygens (including phenoxy) is 1. The Bertz CT molecular complexity index is 1320. The molecule has 1 aliphatic heterocycles. The minimum Gasteiger partial charge on any atom is -0.481 e. The number of amides is 1. The molecule has 0 spiro atoms. The number of alkyl halides is 3. The molecule has 0 unspecified atom stereocenters. The van der Waals surface area contributed by atoms with Crippen molar-refractivity contribution >= 4 is 40.9 Å². The van der Waals surface area contributed by atoms with E-state index in [4.69, 9.17) is 27.9 Å². The number of Topliss-reactive ketones (excluding diaryl/α,β-unsaturated/α-hetero) is 1. The van der Waals surface area contributed by atoms with Crippen LogP contribution in [0.5, 0.6) is 0 Å². The first kappa shape index (κ1) is 31.3. The Morgan fingerprint density at radius 1 is 1.10 bits per heavy atom. The molecule has 2 aromatic rings. The van der Waals surface area contributed by atoms with Crippen molar-refractivity contribution in [3.8, 4) is 0 Å². The highest BCUT2D eigenvalue weighted by Crippen LogP contribution is 2.43. The summed E-state index contributed by atoms with van der Waals surface area (Å²) in [6.45, 7) is 4.61. The zero-order valence-corrected chi connectivity index (χ0v) is 24.4. The van der Waals surface area contributed by atoms with Gasteiger partial charge in [0.1, 0.15) is 0 Å². The number of ketones is 1. The maximum atomic E-state index is 14.5. The Labute approximate surface area is 245 Å². The SMILES string of the molecule is CC1(C)CC[C@@H](CN(CC(=O)c2c(Cl)cccc2Cl)C(=O)c2cnn([C@H]3CC[C@](C)(C(=O)O)CC3)c2C(F)(F)F)O1. The summed E-state index contributed by atoms with van der Waals surface area (Å²) in [7, 11) is 0. The van der Waals surface area contributed by atoms with E-state index in [9.17, 15) is 32.7 Å². The van der Waals surface area contributed by atoms with Crippen LogP contribution in [0, 0.1) is 5.41 Å². The van der Waals surface area contributed by atoms with Crippen molar-refractivity contribution in [1.82, 2.24) is 14.7 Å². The first-order chi connectivity index (χ1) is 19.0. The highest BCUT2D eigenvalue weighted by atomic mass is 35.5. The smallest absolute Gasteiger partial charge is 0.433 e. The van der Waals surface area contributed by atoms with Crippen molar-refractivity contribution in [2.45, 2.75) is 83.2 Å². The molecular weight excluding hydrogens is 586 g/mol. The van der Waals surface area contributed by atoms with E-state index < -0.39 is 64.8 Å². The molecule has 1 saturated heterocycles. The first-order valence-electron chi connectivity index (χ1n) is 13.3. The number of rotatable bonds is 8. The fourth-order valence-corrected chi connectivity index (χ4v) is 6.24. The predicted octanol–water partition coefficient (Wildman–Crippen LogP) is 6.70. The molecule has 2 aliphatic rings. The van der Waals surface area contributed by atoms with E-state index >= 15 is 0 Å².